The Kier molecular flexibility index (Phi) is 5.67. The number of benzene rings is 2. The van der Waals surface area contributed by atoms with Crippen molar-refractivity contribution in [1.82, 2.24) is 9.47 Å². The molecule has 0 aliphatic carbocycles. The molecular formula is C22H16BrClN2O2S. The second-order valence-electron chi connectivity index (χ2n) is 6.55. The zero-order valence-electron chi connectivity index (χ0n) is 15.3. The van der Waals surface area contributed by atoms with Crippen molar-refractivity contribution in [2.45, 2.75) is 6.54 Å². The maximum atomic E-state index is 12.6. The van der Waals surface area contributed by atoms with Crippen LogP contribution in [0.5, 0.6) is 0 Å². The summed E-state index contributed by atoms with van der Waals surface area (Å²) in [5.41, 5.74) is 2.90. The lowest BCUT2D eigenvalue weighted by atomic mass is 10.1. The molecule has 4 rings (SSSR count). The SMILES string of the molecule is C=CCN1C(=O)S/C(=C\c2cn(Cc3ccccc3Cl)c3ccc(Br)cc23)C1=O. The molecule has 29 heavy (non-hydrogen) atoms. The molecule has 1 aromatic heterocycles. The first kappa shape index (κ1) is 20.0. The molecule has 1 aliphatic rings. The standard InChI is InChI=1S/C22H16BrClN2O2S/c1-2-9-26-21(27)20(29-22(26)28)10-15-13-25(12-14-5-3-4-6-18(14)24)19-8-7-16(23)11-17(15)19/h2-8,10-11,13H,1,9,12H2/b20-10-. The van der Waals surface area contributed by atoms with Crippen LogP contribution in [-0.4, -0.2) is 27.2 Å². The quantitative estimate of drug-likeness (QED) is 0.312. The molecule has 0 spiro atoms. The van der Waals surface area contributed by atoms with Crippen molar-refractivity contribution < 1.29 is 9.59 Å². The number of nitrogens with zero attached hydrogens (tertiary/aromatic N) is 2. The summed E-state index contributed by atoms with van der Waals surface area (Å²) in [5, 5.41) is 1.42. The van der Waals surface area contributed by atoms with Gasteiger partial charge in [0.25, 0.3) is 11.1 Å². The molecule has 146 valence electrons. The van der Waals surface area contributed by atoms with Gasteiger partial charge in [-0.2, -0.15) is 0 Å². The molecule has 2 heterocycles. The van der Waals surface area contributed by atoms with E-state index in [1.54, 1.807) is 12.2 Å². The number of thioether (sulfide) groups is 1. The van der Waals surface area contributed by atoms with Crippen molar-refractivity contribution in [3.05, 3.63) is 86.8 Å². The first-order valence-electron chi connectivity index (χ1n) is 8.86. The number of hydrogen-bond donors (Lipinski definition) is 0. The van der Waals surface area contributed by atoms with E-state index in [4.69, 9.17) is 11.6 Å². The highest BCUT2D eigenvalue weighted by Crippen LogP contribution is 2.35. The van der Waals surface area contributed by atoms with Crippen LogP contribution in [0.25, 0.3) is 17.0 Å². The number of halogens is 2. The number of amides is 2. The van der Waals surface area contributed by atoms with E-state index in [0.29, 0.717) is 16.5 Å². The average molecular weight is 488 g/mol. The largest absolute Gasteiger partial charge is 0.342 e. The second kappa shape index (κ2) is 8.22. The number of carbonyl (C=O) groups excluding carboxylic acids is 2. The first-order chi connectivity index (χ1) is 14.0. The minimum atomic E-state index is -0.290. The van der Waals surface area contributed by atoms with E-state index in [1.807, 2.05) is 48.7 Å². The normalized spacial score (nSPS) is 15.7. The molecular weight excluding hydrogens is 472 g/mol. The fourth-order valence-electron chi connectivity index (χ4n) is 3.28. The van der Waals surface area contributed by atoms with Gasteiger partial charge in [-0.1, -0.05) is 51.8 Å². The monoisotopic (exact) mass is 486 g/mol. The number of aromatic nitrogens is 1. The second-order valence-corrected chi connectivity index (χ2v) is 8.86. The predicted molar refractivity (Wildman–Crippen MR) is 123 cm³/mol. The molecule has 4 nitrogen and oxygen atoms in total. The van der Waals surface area contributed by atoms with Crippen LogP contribution in [-0.2, 0) is 11.3 Å². The molecule has 0 N–H and O–H groups in total. The summed E-state index contributed by atoms with van der Waals surface area (Å²) in [4.78, 5) is 26.3. The molecule has 1 aliphatic heterocycles. The Morgan fingerprint density at radius 3 is 2.72 bits per heavy atom. The van der Waals surface area contributed by atoms with Crippen LogP contribution in [0.15, 0.2) is 70.7 Å². The summed E-state index contributed by atoms with van der Waals surface area (Å²) in [5.74, 6) is -0.290. The zero-order valence-corrected chi connectivity index (χ0v) is 18.4. The summed E-state index contributed by atoms with van der Waals surface area (Å²) in [6.07, 6.45) is 5.32. The van der Waals surface area contributed by atoms with Crippen molar-refractivity contribution >= 4 is 67.4 Å². The van der Waals surface area contributed by atoms with Gasteiger partial charge in [0.05, 0.1) is 4.91 Å². The minimum absolute atomic E-state index is 0.210. The number of fused-ring (bicyclic) bond motifs is 1. The van der Waals surface area contributed by atoms with Gasteiger partial charge in [0.15, 0.2) is 0 Å². The maximum Gasteiger partial charge on any atom is 0.293 e. The smallest absolute Gasteiger partial charge is 0.293 e. The van der Waals surface area contributed by atoms with Crippen molar-refractivity contribution in [1.29, 1.82) is 0 Å². The number of carbonyl (C=O) groups is 2. The van der Waals surface area contributed by atoms with Crippen molar-refractivity contribution in [3.8, 4) is 0 Å². The molecule has 7 heteroatoms. The maximum absolute atomic E-state index is 12.6. The van der Waals surface area contributed by atoms with Crippen LogP contribution in [0.2, 0.25) is 5.02 Å². The third-order valence-electron chi connectivity index (χ3n) is 4.64. The number of rotatable bonds is 5. The molecule has 0 saturated carbocycles. The van der Waals surface area contributed by atoms with Gasteiger partial charge in [0, 0.05) is 45.2 Å². The third-order valence-corrected chi connectivity index (χ3v) is 6.41. The Morgan fingerprint density at radius 1 is 1.17 bits per heavy atom. The van der Waals surface area contributed by atoms with E-state index in [9.17, 15) is 9.59 Å². The highest BCUT2D eigenvalue weighted by Gasteiger charge is 2.34. The lowest BCUT2D eigenvalue weighted by Crippen LogP contribution is -2.27. The summed E-state index contributed by atoms with van der Waals surface area (Å²) in [6.45, 7) is 4.42. The number of hydrogen-bond acceptors (Lipinski definition) is 3. The van der Waals surface area contributed by atoms with Crippen molar-refractivity contribution in [2.24, 2.45) is 0 Å². The lowest BCUT2D eigenvalue weighted by molar-refractivity contribution is -0.122. The fraction of sp³-hybridized carbons (Fsp3) is 0.0909. The predicted octanol–water partition coefficient (Wildman–Crippen LogP) is 6.33. The summed E-state index contributed by atoms with van der Waals surface area (Å²) < 4.78 is 3.04. The van der Waals surface area contributed by atoms with Gasteiger partial charge in [-0.05, 0) is 47.7 Å². The van der Waals surface area contributed by atoms with Crippen LogP contribution >= 0.6 is 39.3 Å². The Morgan fingerprint density at radius 2 is 1.97 bits per heavy atom. The molecule has 2 aromatic carbocycles. The molecule has 0 unspecified atom stereocenters. The molecule has 2 amide bonds. The fourth-order valence-corrected chi connectivity index (χ4v) is 4.68. The Bertz CT molecular complexity index is 1180. The average Bonchev–Trinajstić information content (AvgIpc) is 3.16. The molecule has 3 aromatic rings. The molecule has 0 bridgehead atoms. The van der Waals surface area contributed by atoms with Gasteiger partial charge in [-0.3, -0.25) is 14.5 Å². The Labute approximate surface area is 186 Å². The van der Waals surface area contributed by atoms with E-state index in [0.717, 1.165) is 38.3 Å². The van der Waals surface area contributed by atoms with Crippen molar-refractivity contribution in [3.63, 3.8) is 0 Å². The third kappa shape index (κ3) is 3.92. The van der Waals surface area contributed by atoms with Gasteiger partial charge >= 0.3 is 0 Å². The first-order valence-corrected chi connectivity index (χ1v) is 10.8. The van der Waals surface area contributed by atoms with Crippen LogP contribution in [0.3, 0.4) is 0 Å². The molecule has 1 fully saturated rings. The Hall–Kier alpha value is -2.28. The zero-order chi connectivity index (χ0) is 20.5. The highest BCUT2D eigenvalue weighted by molar-refractivity contribution is 9.10. The lowest BCUT2D eigenvalue weighted by Gasteiger charge is -2.07. The molecule has 0 radical (unpaired) electrons. The van der Waals surface area contributed by atoms with Gasteiger partial charge in [0.1, 0.15) is 0 Å². The van der Waals surface area contributed by atoms with E-state index in [1.165, 1.54) is 4.90 Å². The van der Waals surface area contributed by atoms with E-state index >= 15 is 0 Å². The minimum Gasteiger partial charge on any atom is -0.342 e. The number of imide groups is 1. The van der Waals surface area contributed by atoms with Gasteiger partial charge in [0.2, 0.25) is 0 Å². The van der Waals surface area contributed by atoms with Crippen LogP contribution in [0.4, 0.5) is 4.79 Å². The van der Waals surface area contributed by atoms with Crippen molar-refractivity contribution in [2.75, 3.05) is 6.54 Å². The van der Waals surface area contributed by atoms with E-state index in [-0.39, 0.29) is 17.7 Å². The summed E-state index contributed by atoms with van der Waals surface area (Å²) in [6, 6.07) is 13.7. The van der Waals surface area contributed by atoms with E-state index < -0.39 is 0 Å². The molecule has 1 saturated heterocycles. The summed E-state index contributed by atoms with van der Waals surface area (Å²) >= 11 is 10.8. The van der Waals surface area contributed by atoms with Crippen LogP contribution < -0.4 is 0 Å². The topological polar surface area (TPSA) is 42.3 Å². The molecule has 0 atom stereocenters. The van der Waals surface area contributed by atoms with Crippen LogP contribution in [0, 0.1) is 0 Å². The van der Waals surface area contributed by atoms with E-state index in [2.05, 4.69) is 27.1 Å². The highest BCUT2D eigenvalue weighted by atomic mass is 79.9. The summed E-state index contributed by atoms with van der Waals surface area (Å²) in [7, 11) is 0. The van der Waals surface area contributed by atoms with Gasteiger partial charge in [-0.25, -0.2) is 0 Å². The van der Waals surface area contributed by atoms with Crippen LogP contribution in [0.1, 0.15) is 11.1 Å². The van der Waals surface area contributed by atoms with Gasteiger partial charge < -0.3 is 4.57 Å². The van der Waals surface area contributed by atoms with Gasteiger partial charge in [-0.15, -0.1) is 6.58 Å². The Balaban J connectivity index is 1.78.